The molecule has 0 amide bonds. The second kappa shape index (κ2) is 3.30. The third-order valence-corrected chi connectivity index (χ3v) is 1.43. The average Bonchev–Trinajstić information content (AvgIpc) is 2.03. The summed E-state index contributed by atoms with van der Waals surface area (Å²) in [7, 11) is 1.57. The summed E-state index contributed by atoms with van der Waals surface area (Å²) >= 11 is 0. The summed E-state index contributed by atoms with van der Waals surface area (Å²) in [6, 6.07) is 1.37. The minimum Gasteiger partial charge on any atom is -0.374 e. The summed E-state index contributed by atoms with van der Waals surface area (Å²) in [6.45, 7) is 1.82. The van der Waals surface area contributed by atoms with Crippen LogP contribution < -0.4 is 5.56 Å². The molecule has 0 aliphatic carbocycles. The van der Waals surface area contributed by atoms with Gasteiger partial charge in [-0.15, -0.1) is 0 Å². The lowest BCUT2D eigenvalue weighted by Crippen LogP contribution is -2.11. The molecule has 1 rings (SSSR count). The Kier molecular flexibility index (Phi) is 2.38. The highest BCUT2D eigenvalue weighted by Crippen LogP contribution is 2.06. The third-order valence-electron chi connectivity index (χ3n) is 1.43. The second-order valence-electron chi connectivity index (χ2n) is 2.20. The molecule has 11 heavy (non-hydrogen) atoms. The van der Waals surface area contributed by atoms with Crippen LogP contribution in [-0.2, 0) is 4.74 Å². The van der Waals surface area contributed by atoms with Crippen LogP contribution in [0.2, 0.25) is 0 Å². The van der Waals surface area contributed by atoms with Gasteiger partial charge in [0.15, 0.2) is 0 Å². The molecule has 60 valence electrons. The van der Waals surface area contributed by atoms with Gasteiger partial charge in [-0.1, -0.05) is 0 Å². The number of aromatic nitrogens is 2. The minimum atomic E-state index is -0.163. The molecule has 0 bridgehead atoms. The Labute approximate surface area is 64.2 Å². The van der Waals surface area contributed by atoms with Crippen LogP contribution in [0.15, 0.2) is 17.1 Å². The molecule has 0 saturated carbocycles. The van der Waals surface area contributed by atoms with Crippen LogP contribution in [-0.4, -0.2) is 17.1 Å². The first-order valence-corrected chi connectivity index (χ1v) is 3.32. The van der Waals surface area contributed by atoms with E-state index in [2.05, 4.69) is 9.97 Å². The van der Waals surface area contributed by atoms with Gasteiger partial charge in [0.2, 0.25) is 0 Å². The highest BCUT2D eigenvalue weighted by Gasteiger charge is 2.03. The Morgan fingerprint density at radius 1 is 1.73 bits per heavy atom. The Bertz CT molecular complexity index is 282. The average molecular weight is 154 g/mol. The lowest BCUT2D eigenvalue weighted by Gasteiger charge is -2.06. The zero-order valence-electron chi connectivity index (χ0n) is 6.50. The van der Waals surface area contributed by atoms with Gasteiger partial charge in [0.05, 0.1) is 0 Å². The zero-order chi connectivity index (χ0) is 8.27. The molecular formula is C7H10N2O2. The van der Waals surface area contributed by atoms with E-state index < -0.39 is 0 Å². The maximum Gasteiger partial charge on any atom is 0.250 e. The summed E-state index contributed by atoms with van der Waals surface area (Å²) in [5.41, 5.74) is -0.154. The van der Waals surface area contributed by atoms with Crippen molar-refractivity contribution in [3.05, 3.63) is 28.4 Å². The number of rotatable bonds is 2. The van der Waals surface area contributed by atoms with Crippen molar-refractivity contribution >= 4 is 0 Å². The third kappa shape index (κ3) is 1.88. The highest BCUT2D eigenvalue weighted by atomic mass is 16.5. The van der Waals surface area contributed by atoms with Crippen LogP contribution in [0.25, 0.3) is 0 Å². The predicted molar refractivity (Wildman–Crippen MR) is 40.3 cm³/mol. The quantitative estimate of drug-likeness (QED) is 0.674. The van der Waals surface area contributed by atoms with Crippen molar-refractivity contribution in [2.75, 3.05) is 7.11 Å². The molecule has 0 aliphatic heterocycles. The SMILES string of the molecule is COC(C)c1nccc(=O)[nH]1. The molecule has 0 radical (unpaired) electrons. The van der Waals surface area contributed by atoms with Gasteiger partial charge in [-0.2, -0.15) is 0 Å². The fourth-order valence-electron chi connectivity index (χ4n) is 0.704. The van der Waals surface area contributed by atoms with E-state index in [-0.39, 0.29) is 11.7 Å². The first kappa shape index (κ1) is 7.94. The smallest absolute Gasteiger partial charge is 0.250 e. The second-order valence-corrected chi connectivity index (χ2v) is 2.20. The standard InChI is InChI=1S/C7H10N2O2/c1-5(11-2)7-8-4-3-6(10)9-7/h3-5H,1-2H3,(H,8,9,10). The lowest BCUT2D eigenvalue weighted by molar-refractivity contribution is 0.112. The largest absolute Gasteiger partial charge is 0.374 e. The van der Waals surface area contributed by atoms with Crippen LogP contribution in [0.1, 0.15) is 18.9 Å². The lowest BCUT2D eigenvalue weighted by atomic mass is 10.4. The number of hydrogen-bond donors (Lipinski definition) is 1. The summed E-state index contributed by atoms with van der Waals surface area (Å²) in [4.78, 5) is 17.3. The molecular weight excluding hydrogens is 144 g/mol. The van der Waals surface area contributed by atoms with Gasteiger partial charge in [-0.25, -0.2) is 4.98 Å². The zero-order valence-corrected chi connectivity index (χ0v) is 6.50. The number of nitrogens with zero attached hydrogens (tertiary/aromatic N) is 1. The van der Waals surface area contributed by atoms with Gasteiger partial charge in [-0.3, -0.25) is 4.79 Å². The van der Waals surface area contributed by atoms with E-state index in [1.54, 1.807) is 7.11 Å². The molecule has 1 aromatic rings. The van der Waals surface area contributed by atoms with Crippen molar-refractivity contribution in [3.8, 4) is 0 Å². The molecule has 0 aromatic carbocycles. The maximum atomic E-state index is 10.8. The molecule has 4 nitrogen and oxygen atoms in total. The van der Waals surface area contributed by atoms with E-state index >= 15 is 0 Å². The number of aromatic amines is 1. The van der Waals surface area contributed by atoms with E-state index in [4.69, 9.17) is 4.74 Å². The summed E-state index contributed by atoms with van der Waals surface area (Å²) in [5, 5.41) is 0. The molecule has 1 atom stereocenters. The van der Waals surface area contributed by atoms with Crippen LogP contribution in [0.3, 0.4) is 0 Å². The summed E-state index contributed by atoms with van der Waals surface area (Å²) in [5.74, 6) is 0.556. The first-order chi connectivity index (χ1) is 5.24. The van der Waals surface area contributed by atoms with Gasteiger partial charge < -0.3 is 9.72 Å². The number of ether oxygens (including phenoxy) is 1. The van der Waals surface area contributed by atoms with E-state index in [0.29, 0.717) is 5.82 Å². The number of nitrogens with one attached hydrogen (secondary N) is 1. The molecule has 0 aliphatic rings. The minimum absolute atomic E-state index is 0.154. The molecule has 0 spiro atoms. The molecule has 1 N–H and O–H groups in total. The van der Waals surface area contributed by atoms with Crippen molar-refractivity contribution in [2.24, 2.45) is 0 Å². The van der Waals surface area contributed by atoms with E-state index in [1.165, 1.54) is 12.3 Å². The molecule has 1 heterocycles. The van der Waals surface area contributed by atoms with Crippen molar-refractivity contribution in [2.45, 2.75) is 13.0 Å². The monoisotopic (exact) mass is 154 g/mol. The molecule has 1 aromatic heterocycles. The summed E-state index contributed by atoms with van der Waals surface area (Å²) < 4.78 is 4.96. The normalized spacial score (nSPS) is 12.9. The van der Waals surface area contributed by atoms with Crippen molar-refractivity contribution in [1.82, 2.24) is 9.97 Å². The van der Waals surface area contributed by atoms with Crippen molar-refractivity contribution < 1.29 is 4.74 Å². The maximum absolute atomic E-state index is 10.8. The Morgan fingerprint density at radius 2 is 2.45 bits per heavy atom. The topological polar surface area (TPSA) is 55.0 Å². The molecule has 0 saturated heterocycles. The molecule has 1 unspecified atom stereocenters. The number of H-pyrrole nitrogens is 1. The van der Waals surface area contributed by atoms with Crippen LogP contribution in [0, 0.1) is 0 Å². The van der Waals surface area contributed by atoms with Gasteiger partial charge in [0, 0.05) is 19.4 Å². The van der Waals surface area contributed by atoms with E-state index in [9.17, 15) is 4.79 Å². The van der Waals surface area contributed by atoms with Gasteiger partial charge in [-0.05, 0) is 6.92 Å². The van der Waals surface area contributed by atoms with Gasteiger partial charge >= 0.3 is 0 Å². The Morgan fingerprint density at radius 3 is 3.00 bits per heavy atom. The predicted octanol–water partition coefficient (Wildman–Crippen LogP) is 0.477. The molecule has 4 heteroatoms. The van der Waals surface area contributed by atoms with Crippen LogP contribution >= 0.6 is 0 Å². The fraction of sp³-hybridized carbons (Fsp3) is 0.429. The van der Waals surface area contributed by atoms with Crippen molar-refractivity contribution in [3.63, 3.8) is 0 Å². The van der Waals surface area contributed by atoms with Crippen molar-refractivity contribution in [1.29, 1.82) is 0 Å². The van der Waals surface area contributed by atoms with Gasteiger partial charge in [0.25, 0.3) is 5.56 Å². The van der Waals surface area contributed by atoms with E-state index in [1.807, 2.05) is 6.92 Å². The van der Waals surface area contributed by atoms with E-state index in [0.717, 1.165) is 0 Å². The highest BCUT2D eigenvalue weighted by molar-refractivity contribution is 4.91. The van der Waals surface area contributed by atoms with Crippen LogP contribution in [0.4, 0.5) is 0 Å². The Hall–Kier alpha value is -1.16. The number of hydrogen-bond acceptors (Lipinski definition) is 3. The van der Waals surface area contributed by atoms with Crippen LogP contribution in [0.5, 0.6) is 0 Å². The first-order valence-electron chi connectivity index (χ1n) is 3.32. The molecule has 0 fully saturated rings. The van der Waals surface area contributed by atoms with Gasteiger partial charge in [0.1, 0.15) is 11.9 Å². The Balaban J connectivity index is 2.96. The summed E-state index contributed by atoms with van der Waals surface area (Å²) in [6.07, 6.45) is 1.30. The number of methoxy groups -OCH3 is 1. The fourth-order valence-corrected chi connectivity index (χ4v) is 0.704.